The third-order valence-electron chi connectivity index (χ3n) is 3.03. The van der Waals surface area contributed by atoms with Gasteiger partial charge in [-0.25, -0.2) is 4.98 Å². The second kappa shape index (κ2) is 6.91. The van der Waals surface area contributed by atoms with Gasteiger partial charge in [0.25, 0.3) is 0 Å². The van der Waals surface area contributed by atoms with Gasteiger partial charge in [-0.1, -0.05) is 25.1 Å². The van der Waals surface area contributed by atoms with E-state index in [4.69, 9.17) is 9.47 Å². The predicted octanol–water partition coefficient (Wildman–Crippen LogP) is 3.11. The van der Waals surface area contributed by atoms with E-state index in [9.17, 15) is 5.11 Å². The highest BCUT2D eigenvalue weighted by Gasteiger charge is 2.05. The highest BCUT2D eigenvalue weighted by Crippen LogP contribution is 2.20. The van der Waals surface area contributed by atoms with Crippen molar-refractivity contribution < 1.29 is 14.6 Å². The van der Waals surface area contributed by atoms with Crippen LogP contribution in [0.25, 0.3) is 0 Å². The summed E-state index contributed by atoms with van der Waals surface area (Å²) >= 11 is 0. The lowest BCUT2D eigenvalue weighted by atomic mass is 10.1. The topological polar surface area (TPSA) is 51.6 Å². The highest BCUT2D eigenvalue weighted by molar-refractivity contribution is 5.28. The number of rotatable bonds is 6. The van der Waals surface area contributed by atoms with E-state index in [1.54, 1.807) is 13.2 Å². The van der Waals surface area contributed by atoms with Gasteiger partial charge in [-0.05, 0) is 30.2 Å². The Balaban J connectivity index is 1.96. The number of hydrogen-bond donors (Lipinski definition) is 1. The second-order valence-corrected chi connectivity index (χ2v) is 4.45. The minimum atomic E-state index is -0.413. The van der Waals surface area contributed by atoms with Gasteiger partial charge >= 0.3 is 0 Å². The van der Waals surface area contributed by atoms with Crippen molar-refractivity contribution in [2.75, 3.05) is 7.11 Å². The first-order valence-electron chi connectivity index (χ1n) is 6.63. The Kier molecular flexibility index (Phi) is 4.96. The zero-order valence-corrected chi connectivity index (χ0v) is 11.7. The average Bonchev–Trinajstić information content (AvgIpc) is 2.53. The van der Waals surface area contributed by atoms with Gasteiger partial charge in [0.15, 0.2) is 0 Å². The predicted molar refractivity (Wildman–Crippen MR) is 76.8 cm³/mol. The maximum Gasteiger partial charge on any atom is 0.213 e. The number of hydrogen-bond acceptors (Lipinski definition) is 4. The van der Waals surface area contributed by atoms with Crippen LogP contribution in [0.15, 0.2) is 42.5 Å². The highest BCUT2D eigenvalue weighted by atomic mass is 16.5. The first-order valence-corrected chi connectivity index (χ1v) is 6.63. The number of ether oxygens (including phenoxy) is 2. The molecule has 1 heterocycles. The standard InChI is InChI=1S/C16H19NO3/c1-3-15(18)12-7-9-14(10-8-12)20-11-13-5-4-6-16(17-13)19-2/h4-10,15,18H,3,11H2,1-2H3/t15-/m0/s1. The largest absolute Gasteiger partial charge is 0.487 e. The van der Waals surface area contributed by atoms with Crippen LogP contribution in [0.4, 0.5) is 0 Å². The lowest BCUT2D eigenvalue weighted by Gasteiger charge is -2.10. The number of benzene rings is 1. The van der Waals surface area contributed by atoms with E-state index in [0.29, 0.717) is 18.9 Å². The maximum atomic E-state index is 9.72. The summed E-state index contributed by atoms with van der Waals surface area (Å²) in [5.41, 5.74) is 1.71. The number of aliphatic hydroxyl groups is 1. The van der Waals surface area contributed by atoms with Crippen LogP contribution in [0, 0.1) is 0 Å². The molecule has 0 saturated carbocycles. The summed E-state index contributed by atoms with van der Waals surface area (Å²) in [6.07, 6.45) is 0.289. The summed E-state index contributed by atoms with van der Waals surface area (Å²) in [6, 6.07) is 13.0. The summed E-state index contributed by atoms with van der Waals surface area (Å²) in [6.45, 7) is 2.33. The Morgan fingerprint density at radius 2 is 1.90 bits per heavy atom. The van der Waals surface area contributed by atoms with Crippen LogP contribution in [-0.2, 0) is 6.61 Å². The fourth-order valence-corrected chi connectivity index (χ4v) is 1.83. The molecule has 2 aromatic rings. The lowest BCUT2D eigenvalue weighted by molar-refractivity contribution is 0.173. The molecule has 1 aromatic heterocycles. The van der Waals surface area contributed by atoms with Crippen molar-refractivity contribution in [2.45, 2.75) is 26.1 Å². The zero-order valence-electron chi connectivity index (χ0n) is 11.7. The third-order valence-corrected chi connectivity index (χ3v) is 3.03. The molecule has 4 heteroatoms. The van der Waals surface area contributed by atoms with Gasteiger partial charge in [-0.15, -0.1) is 0 Å². The van der Waals surface area contributed by atoms with Crippen LogP contribution in [-0.4, -0.2) is 17.2 Å². The molecule has 0 radical (unpaired) electrons. The summed E-state index contributed by atoms with van der Waals surface area (Å²) < 4.78 is 10.7. The van der Waals surface area contributed by atoms with Gasteiger partial charge in [-0.2, -0.15) is 0 Å². The Bertz CT molecular complexity index is 540. The number of aromatic nitrogens is 1. The first kappa shape index (κ1) is 14.3. The number of pyridine rings is 1. The molecule has 0 aliphatic rings. The van der Waals surface area contributed by atoms with E-state index in [1.807, 2.05) is 43.3 Å². The van der Waals surface area contributed by atoms with Crippen molar-refractivity contribution in [1.29, 1.82) is 0 Å². The molecule has 2 rings (SSSR count). The second-order valence-electron chi connectivity index (χ2n) is 4.45. The minimum absolute atomic E-state index is 0.382. The summed E-state index contributed by atoms with van der Waals surface area (Å²) in [5, 5.41) is 9.72. The molecular weight excluding hydrogens is 254 g/mol. The molecule has 0 unspecified atom stereocenters. The van der Waals surface area contributed by atoms with Crippen LogP contribution < -0.4 is 9.47 Å². The first-order chi connectivity index (χ1) is 9.72. The zero-order chi connectivity index (χ0) is 14.4. The van der Waals surface area contributed by atoms with E-state index in [2.05, 4.69) is 4.98 Å². The molecule has 0 aliphatic heterocycles. The molecule has 20 heavy (non-hydrogen) atoms. The molecule has 4 nitrogen and oxygen atoms in total. The molecular formula is C16H19NO3. The van der Waals surface area contributed by atoms with Gasteiger partial charge in [0.1, 0.15) is 12.4 Å². The maximum absolute atomic E-state index is 9.72. The Morgan fingerprint density at radius 1 is 1.15 bits per heavy atom. The lowest BCUT2D eigenvalue weighted by Crippen LogP contribution is -2.00. The molecule has 1 N–H and O–H groups in total. The van der Waals surface area contributed by atoms with E-state index in [-0.39, 0.29) is 0 Å². The van der Waals surface area contributed by atoms with Gasteiger partial charge in [-0.3, -0.25) is 0 Å². The van der Waals surface area contributed by atoms with Crippen LogP contribution >= 0.6 is 0 Å². The number of aliphatic hydroxyl groups excluding tert-OH is 1. The van der Waals surface area contributed by atoms with Crippen molar-refractivity contribution in [3.63, 3.8) is 0 Å². The quantitative estimate of drug-likeness (QED) is 0.878. The molecule has 0 fully saturated rings. The average molecular weight is 273 g/mol. The third kappa shape index (κ3) is 3.71. The Morgan fingerprint density at radius 3 is 2.55 bits per heavy atom. The molecule has 106 valence electrons. The Labute approximate surface area is 119 Å². The molecule has 0 amide bonds. The molecule has 1 atom stereocenters. The summed E-state index contributed by atoms with van der Waals surface area (Å²) in [4.78, 5) is 4.28. The van der Waals surface area contributed by atoms with Crippen LogP contribution in [0.3, 0.4) is 0 Å². The van der Waals surface area contributed by atoms with Crippen molar-refractivity contribution >= 4 is 0 Å². The molecule has 0 saturated heterocycles. The van der Waals surface area contributed by atoms with E-state index in [1.165, 1.54) is 0 Å². The summed E-state index contributed by atoms with van der Waals surface area (Å²) in [5.74, 6) is 1.33. The van der Waals surface area contributed by atoms with Gasteiger partial charge in [0, 0.05) is 6.07 Å². The van der Waals surface area contributed by atoms with Gasteiger partial charge < -0.3 is 14.6 Å². The van der Waals surface area contributed by atoms with Crippen molar-refractivity contribution in [1.82, 2.24) is 4.98 Å². The van der Waals surface area contributed by atoms with Crippen molar-refractivity contribution in [3.8, 4) is 11.6 Å². The molecule has 0 aliphatic carbocycles. The van der Waals surface area contributed by atoms with Crippen LogP contribution in [0.1, 0.15) is 30.7 Å². The van der Waals surface area contributed by atoms with Crippen molar-refractivity contribution in [3.05, 3.63) is 53.7 Å². The molecule has 0 spiro atoms. The van der Waals surface area contributed by atoms with E-state index >= 15 is 0 Å². The molecule has 0 bridgehead atoms. The smallest absolute Gasteiger partial charge is 0.213 e. The normalized spacial score (nSPS) is 11.9. The van der Waals surface area contributed by atoms with E-state index < -0.39 is 6.10 Å². The SMILES string of the molecule is CC[C@H](O)c1ccc(OCc2cccc(OC)n2)cc1. The van der Waals surface area contributed by atoms with Crippen LogP contribution in [0.5, 0.6) is 11.6 Å². The summed E-state index contributed by atoms with van der Waals surface area (Å²) in [7, 11) is 1.59. The number of methoxy groups -OCH3 is 1. The minimum Gasteiger partial charge on any atom is -0.487 e. The van der Waals surface area contributed by atoms with Crippen LogP contribution in [0.2, 0.25) is 0 Å². The van der Waals surface area contributed by atoms with Crippen molar-refractivity contribution in [2.24, 2.45) is 0 Å². The fourth-order valence-electron chi connectivity index (χ4n) is 1.83. The monoisotopic (exact) mass is 273 g/mol. The van der Waals surface area contributed by atoms with Gasteiger partial charge in [0.05, 0.1) is 18.9 Å². The number of nitrogens with zero attached hydrogens (tertiary/aromatic N) is 1. The Hall–Kier alpha value is -2.07. The fraction of sp³-hybridized carbons (Fsp3) is 0.312. The van der Waals surface area contributed by atoms with E-state index in [0.717, 1.165) is 17.0 Å². The molecule has 1 aromatic carbocycles. The van der Waals surface area contributed by atoms with Gasteiger partial charge in [0.2, 0.25) is 5.88 Å².